The number of hydrogen-bond acceptors (Lipinski definition) is 2. The van der Waals surface area contributed by atoms with Gasteiger partial charge >= 0.3 is 0 Å². The minimum Gasteiger partial charge on any atom is -0.380 e. The van der Waals surface area contributed by atoms with Gasteiger partial charge in [-0.15, -0.1) is 0 Å². The van der Waals surface area contributed by atoms with E-state index in [0.29, 0.717) is 12.2 Å². The molecule has 0 aliphatic heterocycles. The highest BCUT2D eigenvalue weighted by atomic mass is 79.9. The summed E-state index contributed by atoms with van der Waals surface area (Å²) in [5.74, 6) is -0.119. The highest BCUT2D eigenvalue weighted by Gasteiger charge is 2.05. The number of carbonyl (C=O) groups excluding carboxylic acids is 1. The second-order valence-electron chi connectivity index (χ2n) is 4.09. The molecule has 19 heavy (non-hydrogen) atoms. The quantitative estimate of drug-likeness (QED) is 0.929. The fraction of sp³-hybridized carbons (Fsp3) is 0.133. The van der Waals surface area contributed by atoms with Crippen LogP contribution in [-0.4, -0.2) is 13.0 Å². The van der Waals surface area contributed by atoms with Gasteiger partial charge in [-0.05, 0) is 42.0 Å². The largest absolute Gasteiger partial charge is 0.380 e. The third-order valence-electron chi connectivity index (χ3n) is 2.63. The zero-order chi connectivity index (χ0) is 13.7. The minimum atomic E-state index is -0.119. The predicted molar refractivity (Wildman–Crippen MR) is 79.3 cm³/mol. The fourth-order valence-corrected chi connectivity index (χ4v) is 1.92. The van der Waals surface area contributed by atoms with Crippen LogP contribution in [0.2, 0.25) is 0 Å². The maximum Gasteiger partial charge on any atom is 0.255 e. The molecule has 0 aliphatic carbocycles. The van der Waals surface area contributed by atoms with Gasteiger partial charge in [-0.1, -0.05) is 28.1 Å². The van der Waals surface area contributed by atoms with Gasteiger partial charge in [-0.3, -0.25) is 4.79 Å². The van der Waals surface area contributed by atoms with E-state index in [4.69, 9.17) is 4.74 Å². The molecule has 0 bridgehead atoms. The second kappa shape index (κ2) is 6.50. The zero-order valence-corrected chi connectivity index (χ0v) is 12.1. The lowest BCUT2D eigenvalue weighted by Crippen LogP contribution is -2.11. The van der Waals surface area contributed by atoms with Gasteiger partial charge in [-0.25, -0.2) is 0 Å². The molecule has 0 unspecified atom stereocenters. The first-order valence-corrected chi connectivity index (χ1v) is 6.63. The lowest BCUT2D eigenvalue weighted by atomic mass is 10.1. The molecule has 0 aliphatic rings. The van der Waals surface area contributed by atoms with Crippen LogP contribution < -0.4 is 5.32 Å². The first kappa shape index (κ1) is 13.8. The number of halogens is 1. The van der Waals surface area contributed by atoms with Crippen molar-refractivity contribution in [1.29, 1.82) is 0 Å². The number of carbonyl (C=O) groups is 1. The molecule has 0 aromatic heterocycles. The Bertz CT molecular complexity index is 549. The molecular weight excluding hydrogens is 306 g/mol. The molecule has 0 atom stereocenters. The maximum absolute atomic E-state index is 12.0. The summed E-state index contributed by atoms with van der Waals surface area (Å²) in [4.78, 5) is 12.0. The summed E-state index contributed by atoms with van der Waals surface area (Å²) >= 11 is 3.35. The van der Waals surface area contributed by atoms with Crippen molar-refractivity contribution in [1.82, 2.24) is 0 Å². The van der Waals surface area contributed by atoms with E-state index in [2.05, 4.69) is 21.2 Å². The topological polar surface area (TPSA) is 38.3 Å². The first-order chi connectivity index (χ1) is 9.19. The van der Waals surface area contributed by atoms with E-state index in [1.165, 1.54) is 0 Å². The number of hydrogen-bond donors (Lipinski definition) is 1. The van der Waals surface area contributed by atoms with Crippen molar-refractivity contribution in [3.63, 3.8) is 0 Å². The molecule has 4 heteroatoms. The van der Waals surface area contributed by atoms with Crippen LogP contribution in [0.4, 0.5) is 5.69 Å². The van der Waals surface area contributed by atoms with Crippen molar-refractivity contribution in [2.75, 3.05) is 12.4 Å². The molecular formula is C15H14BrNO2. The van der Waals surface area contributed by atoms with E-state index in [9.17, 15) is 4.79 Å². The lowest BCUT2D eigenvalue weighted by molar-refractivity contribution is 0.102. The maximum atomic E-state index is 12.0. The Hall–Kier alpha value is -1.65. The molecule has 2 aromatic carbocycles. The van der Waals surface area contributed by atoms with Crippen LogP contribution in [-0.2, 0) is 11.3 Å². The number of ether oxygens (including phenoxy) is 1. The molecule has 0 spiro atoms. The van der Waals surface area contributed by atoms with Crippen LogP contribution in [0.25, 0.3) is 0 Å². The van der Waals surface area contributed by atoms with Crippen LogP contribution in [0.5, 0.6) is 0 Å². The minimum absolute atomic E-state index is 0.119. The van der Waals surface area contributed by atoms with Gasteiger partial charge < -0.3 is 10.1 Å². The summed E-state index contributed by atoms with van der Waals surface area (Å²) in [5, 5.41) is 2.85. The lowest BCUT2D eigenvalue weighted by Gasteiger charge is -2.06. The summed E-state index contributed by atoms with van der Waals surface area (Å²) in [7, 11) is 1.65. The Morgan fingerprint density at radius 3 is 2.32 bits per heavy atom. The zero-order valence-electron chi connectivity index (χ0n) is 10.5. The van der Waals surface area contributed by atoms with E-state index in [1.807, 2.05) is 36.4 Å². The average Bonchev–Trinajstić information content (AvgIpc) is 2.42. The second-order valence-corrected chi connectivity index (χ2v) is 5.01. The molecule has 0 saturated carbocycles. The molecule has 98 valence electrons. The van der Waals surface area contributed by atoms with Crippen molar-refractivity contribution in [3.05, 3.63) is 64.1 Å². The Morgan fingerprint density at radius 2 is 1.74 bits per heavy atom. The van der Waals surface area contributed by atoms with Crippen LogP contribution >= 0.6 is 15.9 Å². The number of nitrogens with one attached hydrogen (secondary N) is 1. The summed E-state index contributed by atoms with van der Waals surface area (Å²) in [6.07, 6.45) is 0. The van der Waals surface area contributed by atoms with Crippen molar-refractivity contribution in [2.45, 2.75) is 6.61 Å². The smallest absolute Gasteiger partial charge is 0.255 e. The average molecular weight is 320 g/mol. The Labute approximate surface area is 120 Å². The number of rotatable bonds is 4. The standard InChI is InChI=1S/C15H14BrNO2/c1-19-10-11-2-4-12(5-3-11)15(18)17-14-8-6-13(16)7-9-14/h2-9H,10H2,1H3,(H,17,18). The summed E-state index contributed by atoms with van der Waals surface area (Å²) in [5.41, 5.74) is 2.44. The van der Waals surface area contributed by atoms with E-state index >= 15 is 0 Å². The molecule has 0 fully saturated rings. The summed E-state index contributed by atoms with van der Waals surface area (Å²) in [6.45, 7) is 0.550. The third-order valence-corrected chi connectivity index (χ3v) is 3.16. The van der Waals surface area contributed by atoms with E-state index in [-0.39, 0.29) is 5.91 Å². The molecule has 2 aromatic rings. The van der Waals surface area contributed by atoms with Gasteiger partial charge in [-0.2, -0.15) is 0 Å². The molecule has 1 N–H and O–H groups in total. The van der Waals surface area contributed by atoms with Crippen LogP contribution in [0.15, 0.2) is 53.0 Å². The van der Waals surface area contributed by atoms with E-state index < -0.39 is 0 Å². The van der Waals surface area contributed by atoms with Crippen molar-refractivity contribution in [2.24, 2.45) is 0 Å². The Kier molecular flexibility index (Phi) is 4.71. The van der Waals surface area contributed by atoms with Gasteiger partial charge in [0, 0.05) is 22.8 Å². The summed E-state index contributed by atoms with van der Waals surface area (Å²) < 4.78 is 6.01. The molecule has 2 rings (SSSR count). The molecule has 0 saturated heterocycles. The number of amides is 1. The molecule has 3 nitrogen and oxygen atoms in total. The predicted octanol–water partition coefficient (Wildman–Crippen LogP) is 3.85. The van der Waals surface area contributed by atoms with Gasteiger partial charge in [0.1, 0.15) is 0 Å². The van der Waals surface area contributed by atoms with Crippen LogP contribution in [0.3, 0.4) is 0 Å². The number of benzene rings is 2. The Balaban J connectivity index is 2.05. The highest BCUT2D eigenvalue weighted by molar-refractivity contribution is 9.10. The summed E-state index contributed by atoms with van der Waals surface area (Å²) in [6, 6.07) is 14.8. The van der Waals surface area contributed by atoms with E-state index in [1.54, 1.807) is 19.2 Å². The van der Waals surface area contributed by atoms with Crippen molar-refractivity contribution in [3.8, 4) is 0 Å². The first-order valence-electron chi connectivity index (χ1n) is 5.84. The highest BCUT2D eigenvalue weighted by Crippen LogP contribution is 2.15. The van der Waals surface area contributed by atoms with Gasteiger partial charge in [0.2, 0.25) is 0 Å². The molecule has 1 amide bonds. The van der Waals surface area contributed by atoms with Gasteiger partial charge in [0.15, 0.2) is 0 Å². The number of methoxy groups -OCH3 is 1. The fourth-order valence-electron chi connectivity index (χ4n) is 1.66. The van der Waals surface area contributed by atoms with Crippen LogP contribution in [0, 0.1) is 0 Å². The van der Waals surface area contributed by atoms with Gasteiger partial charge in [0.05, 0.1) is 6.61 Å². The van der Waals surface area contributed by atoms with Crippen molar-refractivity contribution >= 4 is 27.5 Å². The molecule has 0 radical (unpaired) electrons. The number of anilines is 1. The molecule has 0 heterocycles. The van der Waals surface area contributed by atoms with Gasteiger partial charge in [0.25, 0.3) is 5.91 Å². The Morgan fingerprint density at radius 1 is 1.11 bits per heavy atom. The van der Waals surface area contributed by atoms with Crippen LogP contribution in [0.1, 0.15) is 15.9 Å². The van der Waals surface area contributed by atoms with E-state index in [0.717, 1.165) is 15.7 Å². The monoisotopic (exact) mass is 319 g/mol. The normalized spacial score (nSPS) is 10.2. The third kappa shape index (κ3) is 3.91. The van der Waals surface area contributed by atoms with Crippen molar-refractivity contribution < 1.29 is 9.53 Å². The SMILES string of the molecule is COCc1ccc(C(=O)Nc2ccc(Br)cc2)cc1.